The zero-order chi connectivity index (χ0) is 36.6. The number of nitrogens with zero attached hydrogens (tertiary/aromatic N) is 2. The summed E-state index contributed by atoms with van der Waals surface area (Å²) in [4.78, 5) is 27.8. The number of carboxylic acid groups (broad SMARTS) is 1. The smallest absolute Gasteiger partial charge is 0.317 e. The highest BCUT2D eigenvalue weighted by atomic mass is 16.5. The van der Waals surface area contributed by atoms with Crippen molar-refractivity contribution >= 4 is 22.8 Å². The fraction of sp³-hybridized carbons (Fsp3) is 0.410. The third-order valence-corrected chi connectivity index (χ3v) is 7.27. The number of unbranched alkanes of at least 4 members (excludes halogenated alkanes) is 1. The molecule has 0 aliphatic rings. The standard InChI is InChI=1S/C17H15NO2.C11H16O.C9H19N3O3.C2H6/c1-19-13-8-9-14-16(10-13)18-15(11-17(14)20-2)12-6-4-3-5-7-12;1-3-4-8-12-11-7-5-6-10(2)9-11;1-3-7(5-11-6-9(14)15)12(2)8(13)4-10;1-2/h3-11H,1-2H3;5-7,9H,3-4,8H2,1-2H3;7,11H,3-6,10H2,1-2H3,(H,14,15);1-2H3/t;;7-;/m..0./s1. The highest BCUT2D eigenvalue weighted by Crippen LogP contribution is 2.31. The molecule has 0 saturated heterocycles. The van der Waals surface area contributed by atoms with Gasteiger partial charge in [-0.2, -0.15) is 0 Å². The summed E-state index contributed by atoms with van der Waals surface area (Å²) in [5.74, 6) is 1.55. The number of aromatic nitrogens is 1. The van der Waals surface area contributed by atoms with Crippen LogP contribution in [-0.2, 0) is 9.59 Å². The molecule has 10 heteroatoms. The number of hydrogen-bond acceptors (Lipinski definition) is 8. The maximum absolute atomic E-state index is 11.3. The van der Waals surface area contributed by atoms with Crippen molar-refractivity contribution in [3.8, 4) is 28.5 Å². The monoisotopic (exact) mass is 676 g/mol. The number of likely N-dealkylation sites (N-methyl/N-ethyl adjacent to an activating group) is 1. The first-order valence-electron chi connectivity index (χ1n) is 16.8. The Labute approximate surface area is 292 Å². The predicted octanol–water partition coefficient (Wildman–Crippen LogP) is 6.98. The van der Waals surface area contributed by atoms with Crippen molar-refractivity contribution in [2.45, 2.75) is 59.9 Å². The van der Waals surface area contributed by atoms with E-state index in [1.807, 2.05) is 87.5 Å². The molecule has 4 rings (SSSR count). The molecule has 1 heterocycles. The van der Waals surface area contributed by atoms with Crippen LogP contribution in [0.1, 0.15) is 52.5 Å². The largest absolute Gasteiger partial charge is 0.497 e. The Balaban J connectivity index is 0.000000371. The van der Waals surface area contributed by atoms with Gasteiger partial charge in [0.1, 0.15) is 17.2 Å². The number of rotatable bonds is 14. The van der Waals surface area contributed by atoms with Gasteiger partial charge < -0.3 is 35.3 Å². The Kier molecular flexibility index (Phi) is 21.1. The first-order chi connectivity index (χ1) is 23.7. The molecular formula is C39H56N4O6. The molecule has 0 aliphatic heterocycles. The van der Waals surface area contributed by atoms with Crippen LogP contribution in [0.5, 0.6) is 17.2 Å². The highest BCUT2D eigenvalue weighted by molar-refractivity contribution is 5.89. The molecule has 49 heavy (non-hydrogen) atoms. The number of fused-ring (bicyclic) bond motifs is 1. The third kappa shape index (κ3) is 15.4. The van der Waals surface area contributed by atoms with E-state index in [1.54, 1.807) is 26.2 Å². The topological polar surface area (TPSA) is 136 Å². The third-order valence-electron chi connectivity index (χ3n) is 7.27. The average molecular weight is 677 g/mol. The lowest BCUT2D eigenvalue weighted by molar-refractivity contribution is -0.136. The van der Waals surface area contributed by atoms with E-state index in [-0.39, 0.29) is 25.0 Å². The first kappa shape index (κ1) is 42.4. The van der Waals surface area contributed by atoms with Crippen LogP contribution in [0.3, 0.4) is 0 Å². The van der Waals surface area contributed by atoms with Crippen LogP contribution in [0.25, 0.3) is 22.2 Å². The van der Waals surface area contributed by atoms with Gasteiger partial charge in [0, 0.05) is 42.7 Å². The molecule has 1 atom stereocenters. The number of nitrogens with one attached hydrogen (secondary N) is 1. The molecule has 0 aliphatic carbocycles. The molecule has 0 unspecified atom stereocenters. The van der Waals surface area contributed by atoms with E-state index >= 15 is 0 Å². The maximum atomic E-state index is 11.3. The summed E-state index contributed by atoms with van der Waals surface area (Å²) in [5, 5.41) is 12.2. The van der Waals surface area contributed by atoms with Gasteiger partial charge in [-0.15, -0.1) is 0 Å². The zero-order valence-corrected chi connectivity index (χ0v) is 30.5. The van der Waals surface area contributed by atoms with Crippen LogP contribution < -0.4 is 25.3 Å². The molecule has 0 spiro atoms. The van der Waals surface area contributed by atoms with Crippen molar-refractivity contribution in [2.75, 3.05) is 47.5 Å². The molecule has 268 valence electrons. The van der Waals surface area contributed by atoms with Crippen molar-refractivity contribution in [2.24, 2.45) is 5.73 Å². The van der Waals surface area contributed by atoms with E-state index in [0.717, 1.165) is 58.9 Å². The molecule has 4 aromatic rings. The molecule has 1 aromatic heterocycles. The number of carboxylic acids is 1. The number of benzene rings is 3. The predicted molar refractivity (Wildman–Crippen MR) is 200 cm³/mol. The summed E-state index contributed by atoms with van der Waals surface area (Å²) >= 11 is 0. The SMILES string of the molecule is CC.CCCCOc1cccc(C)c1.CC[C@@H](CNCC(=O)O)N(C)C(=O)CN.COc1ccc2c(OC)cc(-c3ccccc3)nc2c1. The highest BCUT2D eigenvalue weighted by Gasteiger charge is 2.16. The van der Waals surface area contributed by atoms with Crippen LogP contribution in [0.15, 0.2) is 78.9 Å². The van der Waals surface area contributed by atoms with E-state index in [0.29, 0.717) is 6.54 Å². The van der Waals surface area contributed by atoms with Gasteiger partial charge in [0.15, 0.2) is 0 Å². The minimum Gasteiger partial charge on any atom is -0.497 e. The Morgan fingerprint density at radius 2 is 1.65 bits per heavy atom. The van der Waals surface area contributed by atoms with Crippen molar-refractivity contribution < 1.29 is 28.9 Å². The van der Waals surface area contributed by atoms with Crippen LogP contribution in [0.4, 0.5) is 0 Å². The number of methoxy groups -OCH3 is 2. The second-order valence-corrected chi connectivity index (χ2v) is 10.8. The number of nitrogens with two attached hydrogens (primary N) is 1. The average Bonchev–Trinajstić information content (AvgIpc) is 3.13. The number of ether oxygens (including phenoxy) is 3. The Morgan fingerprint density at radius 3 is 2.22 bits per heavy atom. The molecule has 1 amide bonds. The van der Waals surface area contributed by atoms with Crippen LogP contribution in [0, 0.1) is 6.92 Å². The zero-order valence-electron chi connectivity index (χ0n) is 30.5. The Morgan fingerprint density at radius 1 is 0.939 bits per heavy atom. The van der Waals surface area contributed by atoms with Gasteiger partial charge in [-0.1, -0.05) is 76.6 Å². The van der Waals surface area contributed by atoms with E-state index in [1.165, 1.54) is 12.0 Å². The molecule has 3 aromatic carbocycles. The number of carbonyl (C=O) groups is 2. The number of aryl methyl sites for hydroxylation is 1. The molecule has 0 fully saturated rings. The molecule has 0 saturated carbocycles. The van der Waals surface area contributed by atoms with Gasteiger partial charge in [-0.25, -0.2) is 4.98 Å². The number of hydrogen-bond donors (Lipinski definition) is 3. The fourth-order valence-electron chi connectivity index (χ4n) is 4.52. The summed E-state index contributed by atoms with van der Waals surface area (Å²) in [7, 11) is 5.00. The van der Waals surface area contributed by atoms with Gasteiger partial charge in [-0.3, -0.25) is 9.59 Å². The molecule has 4 N–H and O–H groups in total. The molecule has 0 bridgehead atoms. The number of carbonyl (C=O) groups excluding carboxylic acids is 1. The number of amides is 1. The quantitative estimate of drug-likeness (QED) is 0.121. The molecule has 0 radical (unpaired) electrons. The summed E-state index contributed by atoms with van der Waals surface area (Å²) < 4.78 is 16.3. The van der Waals surface area contributed by atoms with Gasteiger partial charge in [0.25, 0.3) is 0 Å². The van der Waals surface area contributed by atoms with E-state index in [9.17, 15) is 9.59 Å². The lowest BCUT2D eigenvalue weighted by Crippen LogP contribution is -2.46. The fourth-order valence-corrected chi connectivity index (χ4v) is 4.52. The first-order valence-corrected chi connectivity index (χ1v) is 16.8. The van der Waals surface area contributed by atoms with E-state index in [2.05, 4.69) is 31.3 Å². The van der Waals surface area contributed by atoms with Crippen LogP contribution in [-0.4, -0.2) is 80.4 Å². The van der Waals surface area contributed by atoms with Crippen molar-refractivity contribution in [3.05, 3.63) is 84.4 Å². The molecule has 10 nitrogen and oxygen atoms in total. The van der Waals surface area contributed by atoms with Crippen LogP contribution in [0.2, 0.25) is 0 Å². The van der Waals surface area contributed by atoms with Gasteiger partial charge in [0.05, 0.1) is 45.1 Å². The summed E-state index contributed by atoms with van der Waals surface area (Å²) in [6, 6.07) is 26.0. The van der Waals surface area contributed by atoms with E-state index in [4.69, 9.17) is 30.0 Å². The van der Waals surface area contributed by atoms with Crippen molar-refractivity contribution in [3.63, 3.8) is 0 Å². The Bertz CT molecular complexity index is 1520. The maximum Gasteiger partial charge on any atom is 0.317 e. The van der Waals surface area contributed by atoms with Crippen molar-refractivity contribution in [1.29, 1.82) is 0 Å². The summed E-state index contributed by atoms with van der Waals surface area (Å²) in [5.41, 5.74) is 9.31. The second kappa shape index (κ2) is 24.5. The summed E-state index contributed by atoms with van der Waals surface area (Å²) in [6.45, 7) is 11.4. The minimum atomic E-state index is -0.905. The van der Waals surface area contributed by atoms with E-state index < -0.39 is 5.97 Å². The minimum absolute atomic E-state index is 0.0135. The lowest BCUT2D eigenvalue weighted by Gasteiger charge is -2.27. The van der Waals surface area contributed by atoms with Crippen molar-refractivity contribution in [1.82, 2.24) is 15.2 Å². The Hall–Kier alpha value is -4.67. The molecular weight excluding hydrogens is 620 g/mol. The number of aliphatic carboxylic acids is 1. The van der Waals surface area contributed by atoms with Gasteiger partial charge in [-0.05, 0) is 49.6 Å². The number of pyridine rings is 1. The summed E-state index contributed by atoms with van der Waals surface area (Å²) in [6.07, 6.45) is 3.08. The lowest BCUT2D eigenvalue weighted by atomic mass is 10.1. The normalized spacial score (nSPS) is 10.6. The van der Waals surface area contributed by atoms with Gasteiger partial charge >= 0.3 is 5.97 Å². The van der Waals surface area contributed by atoms with Crippen LogP contribution >= 0.6 is 0 Å². The van der Waals surface area contributed by atoms with Gasteiger partial charge in [0.2, 0.25) is 5.91 Å². The second-order valence-electron chi connectivity index (χ2n) is 10.8.